The van der Waals surface area contributed by atoms with Crippen LogP contribution in [0, 0.1) is 5.41 Å². The maximum absolute atomic E-state index is 12.7. The molecule has 3 aliphatic heterocycles. The van der Waals surface area contributed by atoms with E-state index in [1.807, 2.05) is 30.3 Å². The lowest BCUT2D eigenvalue weighted by Crippen LogP contribution is -2.67. The second kappa shape index (κ2) is 7.36. The van der Waals surface area contributed by atoms with Gasteiger partial charge in [-0.2, -0.15) is 0 Å². The van der Waals surface area contributed by atoms with Crippen LogP contribution in [0.15, 0.2) is 30.3 Å². The molecule has 0 spiro atoms. The van der Waals surface area contributed by atoms with Crippen molar-refractivity contribution in [1.29, 1.82) is 0 Å². The lowest BCUT2D eigenvalue weighted by molar-refractivity contribution is -0.385. The topological polar surface area (TPSA) is 89.5 Å². The van der Waals surface area contributed by atoms with Gasteiger partial charge in [-0.1, -0.05) is 30.3 Å². The third-order valence-electron chi connectivity index (χ3n) is 5.39. The number of hydrogen-bond donors (Lipinski definition) is 0. The van der Waals surface area contributed by atoms with Crippen LogP contribution in [0.3, 0.4) is 0 Å². The molecule has 0 N–H and O–H groups in total. The number of fused-ring (bicyclic) bond motifs is 2. The predicted molar refractivity (Wildman–Crippen MR) is 98.5 cm³/mol. The number of methoxy groups -OCH3 is 1. The normalized spacial score (nSPS) is 36.7. The molecule has 158 valence electrons. The number of ether oxygens (including phenoxy) is 6. The summed E-state index contributed by atoms with van der Waals surface area (Å²) >= 11 is 0. The molecule has 0 bridgehead atoms. The minimum Gasteiger partial charge on any atom is -0.455 e. The third-order valence-corrected chi connectivity index (χ3v) is 5.39. The predicted octanol–water partition coefficient (Wildman–Crippen LogP) is 2.12. The van der Waals surface area contributed by atoms with E-state index in [-0.39, 0.29) is 13.0 Å². The van der Waals surface area contributed by atoms with Crippen molar-refractivity contribution in [3.05, 3.63) is 35.9 Å². The molecule has 3 aliphatic rings. The van der Waals surface area contributed by atoms with E-state index >= 15 is 0 Å². The molecule has 4 rings (SSSR count). The van der Waals surface area contributed by atoms with Gasteiger partial charge in [0.2, 0.25) is 5.79 Å². The van der Waals surface area contributed by atoms with E-state index in [2.05, 4.69) is 0 Å². The van der Waals surface area contributed by atoms with Gasteiger partial charge in [0, 0.05) is 12.7 Å². The zero-order valence-electron chi connectivity index (χ0n) is 17.0. The van der Waals surface area contributed by atoms with Gasteiger partial charge in [-0.3, -0.25) is 9.59 Å². The first kappa shape index (κ1) is 20.3. The maximum atomic E-state index is 12.7. The fourth-order valence-corrected chi connectivity index (χ4v) is 3.82. The molecule has 8 heteroatoms. The third kappa shape index (κ3) is 3.66. The summed E-state index contributed by atoms with van der Waals surface area (Å²) in [5.74, 6) is -2.25. The first-order valence-corrected chi connectivity index (χ1v) is 9.69. The van der Waals surface area contributed by atoms with Crippen LogP contribution in [-0.4, -0.2) is 55.9 Å². The summed E-state index contributed by atoms with van der Waals surface area (Å²) in [7, 11) is 1.44. The van der Waals surface area contributed by atoms with E-state index in [0.29, 0.717) is 0 Å². The highest BCUT2D eigenvalue weighted by Gasteiger charge is 2.65. The summed E-state index contributed by atoms with van der Waals surface area (Å²) in [6.07, 6.45) is -3.82. The monoisotopic (exact) mass is 406 g/mol. The fourth-order valence-electron chi connectivity index (χ4n) is 3.82. The number of esters is 2. The van der Waals surface area contributed by atoms with Gasteiger partial charge in [0.15, 0.2) is 18.5 Å². The molecule has 3 heterocycles. The highest BCUT2D eigenvalue weighted by atomic mass is 16.8. The van der Waals surface area contributed by atoms with Crippen molar-refractivity contribution in [2.75, 3.05) is 13.7 Å². The highest BCUT2D eigenvalue weighted by Crippen LogP contribution is 2.45. The molecule has 6 atom stereocenters. The zero-order valence-corrected chi connectivity index (χ0v) is 17.0. The van der Waals surface area contributed by atoms with E-state index in [1.165, 1.54) is 7.11 Å². The Morgan fingerprint density at radius 3 is 2.59 bits per heavy atom. The second-order valence-corrected chi connectivity index (χ2v) is 8.56. The van der Waals surface area contributed by atoms with E-state index in [1.54, 1.807) is 20.8 Å². The number of carbonyl (C=O) groups is 2. The van der Waals surface area contributed by atoms with Crippen molar-refractivity contribution in [3.8, 4) is 0 Å². The van der Waals surface area contributed by atoms with Gasteiger partial charge in [-0.05, 0) is 20.8 Å². The molecule has 4 unspecified atom stereocenters. The molecule has 0 aromatic heterocycles. The lowest BCUT2D eigenvalue weighted by atomic mass is 9.90. The van der Waals surface area contributed by atoms with Crippen molar-refractivity contribution in [2.24, 2.45) is 5.41 Å². The summed E-state index contributed by atoms with van der Waals surface area (Å²) in [6.45, 7) is 5.47. The van der Waals surface area contributed by atoms with Gasteiger partial charge in [-0.15, -0.1) is 0 Å². The number of hydrogen-bond acceptors (Lipinski definition) is 8. The summed E-state index contributed by atoms with van der Waals surface area (Å²) in [4.78, 5) is 24.8. The number of carbonyl (C=O) groups excluding carboxylic acids is 2. The number of benzene rings is 1. The Kier molecular flexibility index (Phi) is 5.14. The molecule has 1 aromatic rings. The molecule has 0 radical (unpaired) electrons. The van der Waals surface area contributed by atoms with Gasteiger partial charge in [-0.25, -0.2) is 0 Å². The van der Waals surface area contributed by atoms with E-state index < -0.39 is 53.8 Å². The van der Waals surface area contributed by atoms with E-state index in [4.69, 9.17) is 28.4 Å². The van der Waals surface area contributed by atoms with Gasteiger partial charge < -0.3 is 28.4 Å². The van der Waals surface area contributed by atoms with Crippen molar-refractivity contribution in [2.45, 2.75) is 63.7 Å². The summed E-state index contributed by atoms with van der Waals surface area (Å²) in [5.41, 5.74) is 0.0923. The Bertz CT molecular complexity index is 773. The second-order valence-electron chi connectivity index (χ2n) is 8.56. The van der Waals surface area contributed by atoms with Gasteiger partial charge in [0.1, 0.15) is 18.6 Å². The molecule has 29 heavy (non-hydrogen) atoms. The van der Waals surface area contributed by atoms with Crippen LogP contribution in [0.1, 0.15) is 39.0 Å². The zero-order chi connectivity index (χ0) is 20.8. The average Bonchev–Trinajstić information content (AvgIpc) is 3.03. The molecular formula is C21H26O8. The Morgan fingerprint density at radius 1 is 1.21 bits per heavy atom. The smallest absolute Gasteiger partial charge is 0.312 e. The minimum absolute atomic E-state index is 0.0942. The Balaban J connectivity index is 1.65. The van der Waals surface area contributed by atoms with Crippen LogP contribution >= 0.6 is 0 Å². The standard InChI is InChI=1S/C21H26O8/c1-20(2,3)19(23)28-16-15-13(29-21(24-4)10-14(22)26-17(16)21)11-25-18(27-15)12-8-6-5-7-9-12/h5-9,13,15-18H,10-11H2,1-4H3/t13?,15-,16?,17?,18?,21+/m0/s1. The molecule has 0 saturated carbocycles. The first-order chi connectivity index (χ1) is 13.7. The van der Waals surface area contributed by atoms with Gasteiger partial charge in [0.25, 0.3) is 0 Å². The van der Waals surface area contributed by atoms with Gasteiger partial charge >= 0.3 is 11.9 Å². The Morgan fingerprint density at radius 2 is 1.93 bits per heavy atom. The minimum atomic E-state index is -1.34. The van der Waals surface area contributed by atoms with E-state index in [0.717, 1.165) is 5.56 Å². The molecular weight excluding hydrogens is 380 g/mol. The van der Waals surface area contributed by atoms with Crippen molar-refractivity contribution >= 4 is 11.9 Å². The molecule has 0 aliphatic carbocycles. The van der Waals surface area contributed by atoms with Crippen LogP contribution in [0.2, 0.25) is 0 Å². The Labute approximate surface area is 169 Å². The molecule has 1 aromatic carbocycles. The quantitative estimate of drug-likeness (QED) is 0.705. The molecule has 3 fully saturated rings. The summed E-state index contributed by atoms with van der Waals surface area (Å²) in [6, 6.07) is 9.45. The van der Waals surface area contributed by atoms with Crippen molar-refractivity contribution in [3.63, 3.8) is 0 Å². The summed E-state index contributed by atoms with van der Waals surface area (Å²) < 4.78 is 35.0. The highest BCUT2D eigenvalue weighted by molar-refractivity contribution is 5.76. The number of rotatable bonds is 3. The molecule has 8 nitrogen and oxygen atoms in total. The van der Waals surface area contributed by atoms with Crippen molar-refractivity contribution < 1.29 is 38.0 Å². The van der Waals surface area contributed by atoms with Crippen LogP contribution in [0.4, 0.5) is 0 Å². The van der Waals surface area contributed by atoms with Crippen LogP contribution in [0.5, 0.6) is 0 Å². The van der Waals surface area contributed by atoms with E-state index in [9.17, 15) is 9.59 Å². The van der Waals surface area contributed by atoms with Gasteiger partial charge in [0.05, 0.1) is 12.0 Å². The van der Waals surface area contributed by atoms with Crippen LogP contribution in [-0.2, 0) is 38.0 Å². The maximum Gasteiger partial charge on any atom is 0.312 e. The SMILES string of the molecule is CO[C@@]12CC(=O)OC1C(OC(=O)C(C)(C)C)[C@H]1OC(c3ccccc3)OCC1O2. The van der Waals surface area contributed by atoms with Crippen molar-refractivity contribution in [1.82, 2.24) is 0 Å². The van der Waals surface area contributed by atoms with Crippen LogP contribution in [0.25, 0.3) is 0 Å². The average molecular weight is 406 g/mol. The largest absolute Gasteiger partial charge is 0.455 e. The molecule has 3 saturated heterocycles. The molecule has 0 amide bonds. The Hall–Kier alpha value is -2.00. The summed E-state index contributed by atoms with van der Waals surface area (Å²) in [5, 5.41) is 0. The van der Waals surface area contributed by atoms with Crippen LogP contribution < -0.4 is 0 Å². The lowest BCUT2D eigenvalue weighted by Gasteiger charge is -2.50. The fraction of sp³-hybridized carbons (Fsp3) is 0.619. The first-order valence-electron chi connectivity index (χ1n) is 9.69.